The van der Waals surface area contributed by atoms with Gasteiger partial charge in [-0.3, -0.25) is 10.1 Å². The molecule has 2 N–H and O–H groups in total. The van der Waals surface area contributed by atoms with Gasteiger partial charge in [-0.1, -0.05) is 0 Å². The number of phenolic OH excluding ortho intramolecular Hbond substituents is 1. The molecule has 0 aromatic heterocycles. The standard InChI is InChI=1S/C13H9F3N2O3/c14-8-1-7(2-10(19)3-8)6-17-13-11(16)4-9(15)5-12(13)18(20)21/h1-5,17,19H,6H2. The van der Waals surface area contributed by atoms with Crippen LogP contribution in [0.1, 0.15) is 5.56 Å². The van der Waals surface area contributed by atoms with Crippen LogP contribution in [-0.4, -0.2) is 10.0 Å². The van der Waals surface area contributed by atoms with E-state index in [4.69, 9.17) is 0 Å². The van der Waals surface area contributed by atoms with E-state index < -0.39 is 33.7 Å². The molecule has 110 valence electrons. The number of nitrogens with one attached hydrogen (secondary N) is 1. The Morgan fingerprint density at radius 2 is 1.76 bits per heavy atom. The molecule has 0 spiro atoms. The predicted octanol–water partition coefficient (Wildman–Crippen LogP) is 3.33. The molecule has 0 unspecified atom stereocenters. The quantitative estimate of drug-likeness (QED) is 0.670. The molecule has 0 aliphatic heterocycles. The highest BCUT2D eigenvalue weighted by Crippen LogP contribution is 2.29. The summed E-state index contributed by atoms with van der Waals surface area (Å²) in [5, 5.41) is 22.4. The van der Waals surface area contributed by atoms with Gasteiger partial charge in [-0.05, 0) is 17.7 Å². The van der Waals surface area contributed by atoms with Crippen LogP contribution in [0.25, 0.3) is 0 Å². The smallest absolute Gasteiger partial charge is 0.298 e. The van der Waals surface area contributed by atoms with Gasteiger partial charge in [0.2, 0.25) is 0 Å². The SMILES string of the molecule is O=[N+]([O-])c1cc(F)cc(F)c1NCc1cc(O)cc(F)c1. The summed E-state index contributed by atoms with van der Waals surface area (Å²) in [5.74, 6) is -3.25. The number of phenols is 1. The first-order valence-electron chi connectivity index (χ1n) is 5.72. The average molecular weight is 298 g/mol. The highest BCUT2D eigenvalue weighted by molar-refractivity contribution is 5.62. The van der Waals surface area contributed by atoms with E-state index in [1.807, 2.05) is 0 Å². The van der Waals surface area contributed by atoms with E-state index in [9.17, 15) is 28.4 Å². The van der Waals surface area contributed by atoms with Gasteiger partial charge in [-0.2, -0.15) is 0 Å². The third-order valence-electron chi connectivity index (χ3n) is 2.64. The Balaban J connectivity index is 2.29. The number of hydrogen-bond donors (Lipinski definition) is 2. The van der Waals surface area contributed by atoms with Gasteiger partial charge < -0.3 is 10.4 Å². The number of rotatable bonds is 4. The van der Waals surface area contributed by atoms with Crippen molar-refractivity contribution in [3.05, 3.63) is 63.5 Å². The largest absolute Gasteiger partial charge is 0.508 e. The number of nitro groups is 1. The number of benzene rings is 2. The molecule has 0 saturated heterocycles. The Bertz CT molecular complexity index is 687. The summed E-state index contributed by atoms with van der Waals surface area (Å²) < 4.78 is 39.7. The summed E-state index contributed by atoms with van der Waals surface area (Å²) in [6, 6.07) is 4.24. The van der Waals surface area contributed by atoms with Gasteiger partial charge in [0.15, 0.2) is 5.82 Å². The van der Waals surface area contributed by atoms with Gasteiger partial charge in [-0.25, -0.2) is 13.2 Å². The van der Waals surface area contributed by atoms with Gasteiger partial charge in [-0.15, -0.1) is 0 Å². The van der Waals surface area contributed by atoms with Crippen LogP contribution in [-0.2, 0) is 6.54 Å². The zero-order valence-corrected chi connectivity index (χ0v) is 10.4. The molecule has 2 aromatic rings. The van der Waals surface area contributed by atoms with Crippen LogP contribution in [0.3, 0.4) is 0 Å². The maximum absolute atomic E-state index is 13.6. The van der Waals surface area contributed by atoms with Crippen molar-refractivity contribution in [2.45, 2.75) is 6.54 Å². The fourth-order valence-electron chi connectivity index (χ4n) is 1.80. The summed E-state index contributed by atoms with van der Waals surface area (Å²) in [4.78, 5) is 9.84. The molecule has 0 heterocycles. The highest BCUT2D eigenvalue weighted by Gasteiger charge is 2.20. The maximum atomic E-state index is 13.6. The van der Waals surface area contributed by atoms with E-state index >= 15 is 0 Å². The number of nitro benzene ring substituents is 1. The minimum atomic E-state index is -1.14. The molecule has 2 aromatic carbocycles. The first-order chi connectivity index (χ1) is 9.86. The number of halogens is 3. The van der Waals surface area contributed by atoms with Gasteiger partial charge in [0.05, 0.1) is 11.0 Å². The number of nitrogens with zero attached hydrogens (tertiary/aromatic N) is 1. The van der Waals surface area contributed by atoms with E-state index in [1.54, 1.807) is 0 Å². The van der Waals surface area contributed by atoms with E-state index in [2.05, 4.69) is 5.32 Å². The molecular weight excluding hydrogens is 289 g/mol. The minimum absolute atomic E-state index is 0.186. The van der Waals surface area contributed by atoms with E-state index in [-0.39, 0.29) is 17.9 Å². The molecule has 0 amide bonds. The second-order valence-corrected chi connectivity index (χ2v) is 4.21. The molecule has 0 fully saturated rings. The minimum Gasteiger partial charge on any atom is -0.508 e. The van der Waals surface area contributed by atoms with Gasteiger partial charge >= 0.3 is 0 Å². The van der Waals surface area contributed by atoms with Gasteiger partial charge in [0.1, 0.15) is 23.1 Å². The van der Waals surface area contributed by atoms with Crippen molar-refractivity contribution in [1.29, 1.82) is 0 Å². The number of anilines is 1. The number of hydrogen-bond acceptors (Lipinski definition) is 4. The Kier molecular flexibility index (Phi) is 3.97. The third-order valence-corrected chi connectivity index (χ3v) is 2.64. The lowest BCUT2D eigenvalue weighted by Gasteiger charge is -2.09. The van der Waals surface area contributed by atoms with Crippen molar-refractivity contribution in [2.24, 2.45) is 0 Å². The highest BCUT2D eigenvalue weighted by atomic mass is 19.1. The second kappa shape index (κ2) is 5.70. The predicted molar refractivity (Wildman–Crippen MR) is 68.4 cm³/mol. The van der Waals surface area contributed by atoms with Crippen molar-refractivity contribution >= 4 is 11.4 Å². The van der Waals surface area contributed by atoms with E-state index in [1.165, 1.54) is 6.07 Å². The van der Waals surface area contributed by atoms with Crippen molar-refractivity contribution in [2.75, 3.05) is 5.32 Å². The average Bonchev–Trinajstić information content (AvgIpc) is 2.35. The molecule has 0 radical (unpaired) electrons. The first kappa shape index (κ1) is 14.6. The molecule has 0 aliphatic rings. The van der Waals surface area contributed by atoms with Crippen LogP contribution in [0.5, 0.6) is 5.75 Å². The third kappa shape index (κ3) is 3.41. The molecule has 0 bridgehead atoms. The molecule has 2 rings (SSSR count). The molecule has 21 heavy (non-hydrogen) atoms. The van der Waals surface area contributed by atoms with Crippen LogP contribution in [0.4, 0.5) is 24.5 Å². The molecular formula is C13H9F3N2O3. The van der Waals surface area contributed by atoms with Crippen LogP contribution < -0.4 is 5.32 Å². The van der Waals surface area contributed by atoms with Crippen molar-refractivity contribution in [3.63, 3.8) is 0 Å². The fourth-order valence-corrected chi connectivity index (χ4v) is 1.80. The van der Waals surface area contributed by atoms with Crippen molar-refractivity contribution in [1.82, 2.24) is 0 Å². The molecule has 0 saturated carbocycles. The van der Waals surface area contributed by atoms with Crippen LogP contribution in [0.15, 0.2) is 30.3 Å². The lowest BCUT2D eigenvalue weighted by molar-refractivity contribution is -0.384. The Morgan fingerprint density at radius 1 is 1.10 bits per heavy atom. The van der Waals surface area contributed by atoms with Crippen molar-refractivity contribution < 1.29 is 23.2 Å². The second-order valence-electron chi connectivity index (χ2n) is 4.21. The lowest BCUT2D eigenvalue weighted by atomic mass is 10.2. The lowest BCUT2D eigenvalue weighted by Crippen LogP contribution is -2.06. The molecule has 0 atom stereocenters. The van der Waals surface area contributed by atoms with Crippen molar-refractivity contribution in [3.8, 4) is 5.75 Å². The van der Waals surface area contributed by atoms with Gasteiger partial charge in [0, 0.05) is 18.7 Å². The zero-order chi connectivity index (χ0) is 15.6. The normalized spacial score (nSPS) is 10.4. The van der Waals surface area contributed by atoms with Gasteiger partial charge in [0.25, 0.3) is 5.69 Å². The van der Waals surface area contributed by atoms with E-state index in [0.29, 0.717) is 12.1 Å². The topological polar surface area (TPSA) is 75.4 Å². The Labute approximate surface area is 116 Å². The Morgan fingerprint density at radius 3 is 2.38 bits per heavy atom. The molecule has 5 nitrogen and oxygen atoms in total. The summed E-state index contributed by atoms with van der Waals surface area (Å²) in [7, 11) is 0. The number of aromatic hydroxyl groups is 1. The first-order valence-corrected chi connectivity index (χ1v) is 5.72. The van der Waals surface area contributed by atoms with E-state index in [0.717, 1.165) is 12.1 Å². The van der Waals surface area contributed by atoms with Crippen LogP contribution in [0, 0.1) is 27.6 Å². The zero-order valence-electron chi connectivity index (χ0n) is 10.4. The summed E-state index contributed by atoms with van der Waals surface area (Å²) in [6.45, 7) is -0.186. The Hall–Kier alpha value is -2.77. The van der Waals surface area contributed by atoms with Crippen LogP contribution in [0.2, 0.25) is 0 Å². The molecule has 8 heteroatoms. The fraction of sp³-hybridized carbons (Fsp3) is 0.0769. The maximum Gasteiger partial charge on any atom is 0.298 e. The summed E-state index contributed by atoms with van der Waals surface area (Å²) >= 11 is 0. The molecule has 0 aliphatic carbocycles. The summed E-state index contributed by atoms with van der Waals surface area (Å²) in [5.41, 5.74) is -1.04. The summed E-state index contributed by atoms with van der Waals surface area (Å²) in [6.07, 6.45) is 0. The monoisotopic (exact) mass is 298 g/mol. The van der Waals surface area contributed by atoms with Crippen LogP contribution >= 0.6 is 0 Å².